The summed E-state index contributed by atoms with van der Waals surface area (Å²) in [7, 11) is 0. The van der Waals surface area contributed by atoms with Crippen molar-refractivity contribution in [2.45, 2.75) is 13.3 Å². The first kappa shape index (κ1) is 13.0. The molecule has 0 aromatic carbocycles. The summed E-state index contributed by atoms with van der Waals surface area (Å²) in [5.74, 6) is 2.87. The van der Waals surface area contributed by atoms with Gasteiger partial charge in [-0.05, 0) is 25.4 Å². The van der Waals surface area contributed by atoms with Crippen LogP contribution in [0.15, 0.2) is 18.6 Å². The van der Waals surface area contributed by atoms with Crippen LogP contribution < -0.4 is 10.6 Å². The number of hydrogen-bond acceptors (Lipinski definition) is 5. The van der Waals surface area contributed by atoms with E-state index in [1.807, 2.05) is 28.6 Å². The van der Waals surface area contributed by atoms with Crippen LogP contribution in [-0.2, 0) is 0 Å². The molecule has 0 fully saturated rings. The predicted octanol–water partition coefficient (Wildman–Crippen LogP) is 2.33. The van der Waals surface area contributed by atoms with Crippen molar-refractivity contribution in [1.29, 1.82) is 0 Å². The molecule has 2 aromatic rings. The molecule has 2 rings (SSSR count). The molecule has 0 radical (unpaired) electrons. The summed E-state index contributed by atoms with van der Waals surface area (Å²) < 4.78 is 1.99. The average molecular weight is 265 g/mol. The van der Waals surface area contributed by atoms with E-state index >= 15 is 0 Å². The third-order valence-corrected chi connectivity index (χ3v) is 3.25. The van der Waals surface area contributed by atoms with Crippen molar-refractivity contribution < 1.29 is 0 Å². The van der Waals surface area contributed by atoms with Crippen LogP contribution in [0.2, 0.25) is 0 Å². The summed E-state index contributed by atoms with van der Waals surface area (Å²) in [6.45, 7) is 3.84. The van der Waals surface area contributed by atoms with Gasteiger partial charge in [-0.25, -0.2) is 9.97 Å². The Bertz CT molecular complexity index is 496. The second kappa shape index (κ2) is 6.49. The van der Waals surface area contributed by atoms with E-state index in [0.29, 0.717) is 0 Å². The molecule has 0 aliphatic heterocycles. The molecule has 6 heteroatoms. The Morgan fingerprint density at radius 3 is 3.06 bits per heavy atom. The van der Waals surface area contributed by atoms with Gasteiger partial charge in [0.05, 0.1) is 6.20 Å². The fourth-order valence-electron chi connectivity index (χ4n) is 1.74. The van der Waals surface area contributed by atoms with E-state index in [1.54, 1.807) is 6.20 Å². The quantitative estimate of drug-likeness (QED) is 0.753. The van der Waals surface area contributed by atoms with E-state index < -0.39 is 0 Å². The van der Waals surface area contributed by atoms with Crippen LogP contribution in [-0.4, -0.2) is 39.5 Å². The Labute approximate surface area is 111 Å². The highest BCUT2D eigenvalue weighted by atomic mass is 32.2. The van der Waals surface area contributed by atoms with E-state index in [4.69, 9.17) is 0 Å². The summed E-state index contributed by atoms with van der Waals surface area (Å²) in [4.78, 5) is 8.87. The number of nitrogens with one attached hydrogen (secondary N) is 2. The van der Waals surface area contributed by atoms with Gasteiger partial charge in [0, 0.05) is 25.5 Å². The van der Waals surface area contributed by atoms with Crippen LogP contribution in [0.25, 0.3) is 5.65 Å². The van der Waals surface area contributed by atoms with Gasteiger partial charge in [0.2, 0.25) is 0 Å². The zero-order valence-electron chi connectivity index (χ0n) is 10.8. The molecule has 0 saturated heterocycles. The number of fused-ring (bicyclic) bond motifs is 1. The number of anilines is 2. The third-order valence-electron chi connectivity index (χ3n) is 2.55. The van der Waals surface area contributed by atoms with E-state index in [0.717, 1.165) is 42.5 Å². The largest absolute Gasteiger partial charge is 0.369 e. The van der Waals surface area contributed by atoms with Crippen LogP contribution in [0.5, 0.6) is 0 Å². The fourth-order valence-corrected chi connectivity index (χ4v) is 2.17. The van der Waals surface area contributed by atoms with Gasteiger partial charge in [-0.2, -0.15) is 11.8 Å². The standard InChI is InChI=1S/C12H19N5S/c1-3-13-10-9-17-7-6-15-12(17)11(16-10)14-5-4-8-18-2/h6-7,9,13H,3-5,8H2,1-2H3,(H,14,16). The molecule has 0 amide bonds. The molecule has 2 heterocycles. The summed E-state index contributed by atoms with van der Waals surface area (Å²) in [5, 5.41) is 6.59. The second-order valence-corrected chi connectivity index (χ2v) is 4.92. The highest BCUT2D eigenvalue weighted by Gasteiger charge is 2.06. The number of hydrogen-bond donors (Lipinski definition) is 2. The topological polar surface area (TPSA) is 54.2 Å². The number of thioether (sulfide) groups is 1. The highest BCUT2D eigenvalue weighted by Crippen LogP contribution is 2.16. The lowest BCUT2D eigenvalue weighted by atomic mass is 10.4. The van der Waals surface area contributed by atoms with E-state index in [1.165, 1.54) is 0 Å². The van der Waals surface area contributed by atoms with Gasteiger partial charge in [-0.15, -0.1) is 0 Å². The van der Waals surface area contributed by atoms with Gasteiger partial charge in [0.25, 0.3) is 0 Å². The Morgan fingerprint density at radius 2 is 2.28 bits per heavy atom. The number of aromatic nitrogens is 3. The fraction of sp³-hybridized carbons (Fsp3) is 0.500. The van der Waals surface area contributed by atoms with Crippen LogP contribution in [0, 0.1) is 0 Å². The zero-order chi connectivity index (χ0) is 12.8. The second-order valence-electron chi connectivity index (χ2n) is 3.94. The van der Waals surface area contributed by atoms with E-state index in [9.17, 15) is 0 Å². The molecule has 0 saturated carbocycles. The first-order chi connectivity index (χ1) is 8.85. The molecular weight excluding hydrogens is 246 g/mol. The first-order valence-electron chi connectivity index (χ1n) is 6.15. The monoisotopic (exact) mass is 265 g/mol. The number of rotatable bonds is 7. The molecule has 0 aliphatic carbocycles. The van der Waals surface area contributed by atoms with Gasteiger partial charge >= 0.3 is 0 Å². The third kappa shape index (κ3) is 3.07. The minimum atomic E-state index is 0.847. The normalized spacial score (nSPS) is 10.8. The summed E-state index contributed by atoms with van der Waals surface area (Å²) in [6.07, 6.45) is 8.93. The number of imidazole rings is 1. The van der Waals surface area contributed by atoms with Crippen LogP contribution in [0.1, 0.15) is 13.3 Å². The molecule has 5 nitrogen and oxygen atoms in total. The van der Waals surface area contributed by atoms with Crippen LogP contribution >= 0.6 is 11.8 Å². The SMILES string of the molecule is CCNc1cn2ccnc2c(NCCCSC)n1. The van der Waals surface area contributed by atoms with E-state index in [2.05, 4.69) is 33.8 Å². The van der Waals surface area contributed by atoms with Crippen molar-refractivity contribution in [3.8, 4) is 0 Å². The molecular formula is C12H19N5S. The van der Waals surface area contributed by atoms with Crippen molar-refractivity contribution in [1.82, 2.24) is 14.4 Å². The predicted molar refractivity (Wildman–Crippen MR) is 78.6 cm³/mol. The molecule has 0 aliphatic rings. The van der Waals surface area contributed by atoms with Crippen LogP contribution in [0.4, 0.5) is 11.6 Å². The maximum atomic E-state index is 4.55. The first-order valence-corrected chi connectivity index (χ1v) is 7.55. The molecule has 0 spiro atoms. The lowest BCUT2D eigenvalue weighted by molar-refractivity contribution is 0.974. The summed E-state index contributed by atoms with van der Waals surface area (Å²) >= 11 is 1.86. The maximum absolute atomic E-state index is 4.55. The summed E-state index contributed by atoms with van der Waals surface area (Å²) in [6, 6.07) is 0. The lowest BCUT2D eigenvalue weighted by Crippen LogP contribution is -2.09. The van der Waals surface area contributed by atoms with Crippen molar-refractivity contribution in [2.75, 3.05) is 35.7 Å². The molecule has 0 bridgehead atoms. The molecule has 98 valence electrons. The van der Waals surface area contributed by atoms with Crippen molar-refractivity contribution in [3.63, 3.8) is 0 Å². The highest BCUT2D eigenvalue weighted by molar-refractivity contribution is 7.98. The minimum absolute atomic E-state index is 0.847. The Kier molecular flexibility index (Phi) is 4.69. The average Bonchev–Trinajstić information content (AvgIpc) is 2.83. The van der Waals surface area contributed by atoms with Gasteiger partial charge < -0.3 is 15.0 Å². The number of nitrogens with zero attached hydrogens (tertiary/aromatic N) is 3. The van der Waals surface area contributed by atoms with E-state index in [-0.39, 0.29) is 0 Å². The smallest absolute Gasteiger partial charge is 0.180 e. The van der Waals surface area contributed by atoms with Crippen molar-refractivity contribution in [2.24, 2.45) is 0 Å². The molecule has 0 unspecified atom stereocenters. The van der Waals surface area contributed by atoms with Crippen LogP contribution in [0.3, 0.4) is 0 Å². The zero-order valence-corrected chi connectivity index (χ0v) is 11.6. The van der Waals surface area contributed by atoms with Crippen molar-refractivity contribution in [3.05, 3.63) is 18.6 Å². The minimum Gasteiger partial charge on any atom is -0.369 e. The molecule has 2 N–H and O–H groups in total. The Morgan fingerprint density at radius 1 is 1.39 bits per heavy atom. The van der Waals surface area contributed by atoms with Crippen molar-refractivity contribution >= 4 is 29.0 Å². The maximum Gasteiger partial charge on any atom is 0.180 e. The molecule has 18 heavy (non-hydrogen) atoms. The van der Waals surface area contributed by atoms with Gasteiger partial charge in [0.15, 0.2) is 11.5 Å². The van der Waals surface area contributed by atoms with Gasteiger partial charge in [-0.3, -0.25) is 0 Å². The lowest BCUT2D eigenvalue weighted by Gasteiger charge is -2.09. The van der Waals surface area contributed by atoms with Gasteiger partial charge in [-0.1, -0.05) is 0 Å². The Balaban J connectivity index is 2.15. The Hall–Kier alpha value is -1.43. The molecule has 2 aromatic heterocycles. The summed E-state index contributed by atoms with van der Waals surface area (Å²) in [5.41, 5.74) is 0.876. The van der Waals surface area contributed by atoms with Gasteiger partial charge in [0.1, 0.15) is 5.82 Å². The molecule has 0 atom stereocenters.